The van der Waals surface area contributed by atoms with Crippen LogP contribution in [0.25, 0.3) is 0 Å². The SMILES string of the molecule is COC(=O)C1COCCN1c1ncc(C)cc1[N+](=O)[O-]. The second-order valence-corrected chi connectivity index (χ2v) is 4.42. The smallest absolute Gasteiger partial charge is 0.330 e. The van der Waals surface area contributed by atoms with Crippen LogP contribution >= 0.6 is 0 Å². The largest absolute Gasteiger partial charge is 0.467 e. The van der Waals surface area contributed by atoms with Crippen molar-refractivity contribution >= 4 is 17.5 Å². The van der Waals surface area contributed by atoms with Crippen LogP contribution in [0.1, 0.15) is 5.56 Å². The van der Waals surface area contributed by atoms with Gasteiger partial charge in [0, 0.05) is 18.8 Å². The number of carbonyl (C=O) groups is 1. The first-order chi connectivity index (χ1) is 9.54. The lowest BCUT2D eigenvalue weighted by Crippen LogP contribution is -2.51. The van der Waals surface area contributed by atoms with Crippen molar-refractivity contribution in [3.05, 3.63) is 27.9 Å². The molecule has 1 atom stereocenters. The van der Waals surface area contributed by atoms with Crippen molar-refractivity contribution in [3.63, 3.8) is 0 Å². The van der Waals surface area contributed by atoms with E-state index in [1.165, 1.54) is 19.4 Å². The van der Waals surface area contributed by atoms with E-state index in [0.29, 0.717) is 18.7 Å². The molecule has 1 aromatic rings. The molecule has 1 aliphatic heterocycles. The maximum atomic E-state index is 11.8. The third-order valence-electron chi connectivity index (χ3n) is 3.05. The number of morpholine rings is 1. The average molecular weight is 281 g/mol. The molecule has 0 bridgehead atoms. The molecular formula is C12H15N3O5. The molecule has 0 radical (unpaired) electrons. The van der Waals surface area contributed by atoms with Crippen LogP contribution in [0, 0.1) is 17.0 Å². The molecule has 8 heteroatoms. The van der Waals surface area contributed by atoms with Gasteiger partial charge in [0.25, 0.3) is 0 Å². The third kappa shape index (κ3) is 2.69. The van der Waals surface area contributed by atoms with Gasteiger partial charge in [-0.25, -0.2) is 9.78 Å². The molecule has 0 aliphatic carbocycles. The molecule has 20 heavy (non-hydrogen) atoms. The number of esters is 1. The van der Waals surface area contributed by atoms with E-state index < -0.39 is 16.9 Å². The minimum absolute atomic E-state index is 0.124. The van der Waals surface area contributed by atoms with E-state index in [2.05, 4.69) is 4.98 Å². The Labute approximate surface area is 115 Å². The van der Waals surface area contributed by atoms with Gasteiger partial charge in [0.2, 0.25) is 5.82 Å². The van der Waals surface area contributed by atoms with E-state index in [1.807, 2.05) is 0 Å². The van der Waals surface area contributed by atoms with Crippen molar-refractivity contribution < 1.29 is 19.2 Å². The molecule has 0 N–H and O–H groups in total. The van der Waals surface area contributed by atoms with Gasteiger partial charge >= 0.3 is 11.7 Å². The van der Waals surface area contributed by atoms with Gasteiger partial charge in [-0.1, -0.05) is 0 Å². The predicted molar refractivity (Wildman–Crippen MR) is 69.6 cm³/mol. The average Bonchev–Trinajstić information content (AvgIpc) is 2.46. The Morgan fingerprint density at radius 3 is 3.05 bits per heavy atom. The zero-order valence-corrected chi connectivity index (χ0v) is 11.2. The highest BCUT2D eigenvalue weighted by Crippen LogP contribution is 2.29. The minimum Gasteiger partial charge on any atom is -0.467 e. The summed E-state index contributed by atoms with van der Waals surface area (Å²) < 4.78 is 9.95. The van der Waals surface area contributed by atoms with Gasteiger partial charge in [0.1, 0.15) is 0 Å². The number of hydrogen-bond acceptors (Lipinski definition) is 7. The van der Waals surface area contributed by atoms with Crippen LogP contribution in [-0.4, -0.2) is 48.8 Å². The number of aromatic nitrogens is 1. The number of pyridine rings is 1. The molecule has 2 heterocycles. The van der Waals surface area contributed by atoms with Crippen LogP contribution in [0.4, 0.5) is 11.5 Å². The third-order valence-corrected chi connectivity index (χ3v) is 3.05. The zero-order chi connectivity index (χ0) is 14.7. The first-order valence-corrected chi connectivity index (χ1v) is 6.08. The number of rotatable bonds is 3. The van der Waals surface area contributed by atoms with Gasteiger partial charge in [-0.3, -0.25) is 10.1 Å². The zero-order valence-electron chi connectivity index (χ0n) is 11.2. The topological polar surface area (TPSA) is 94.8 Å². The first-order valence-electron chi connectivity index (χ1n) is 6.08. The van der Waals surface area contributed by atoms with Crippen molar-refractivity contribution in [3.8, 4) is 0 Å². The molecule has 108 valence electrons. The summed E-state index contributed by atoms with van der Waals surface area (Å²) in [6, 6.07) is 0.717. The maximum absolute atomic E-state index is 11.8. The second kappa shape index (κ2) is 5.83. The van der Waals surface area contributed by atoms with Crippen molar-refractivity contribution in [1.29, 1.82) is 0 Å². The molecule has 0 saturated carbocycles. The molecule has 0 aromatic carbocycles. The van der Waals surface area contributed by atoms with Crippen molar-refractivity contribution in [2.24, 2.45) is 0 Å². The van der Waals surface area contributed by atoms with E-state index >= 15 is 0 Å². The van der Waals surface area contributed by atoms with E-state index in [9.17, 15) is 14.9 Å². The summed E-state index contributed by atoms with van der Waals surface area (Å²) in [5, 5.41) is 11.2. The van der Waals surface area contributed by atoms with Crippen molar-refractivity contribution in [2.45, 2.75) is 13.0 Å². The van der Waals surface area contributed by atoms with Crippen LogP contribution in [0.15, 0.2) is 12.3 Å². The quantitative estimate of drug-likeness (QED) is 0.456. The summed E-state index contributed by atoms with van der Waals surface area (Å²) in [5.74, 6) is -0.333. The van der Waals surface area contributed by atoms with Gasteiger partial charge in [-0.15, -0.1) is 0 Å². The Kier molecular flexibility index (Phi) is 4.14. The fraction of sp³-hybridized carbons (Fsp3) is 0.500. The summed E-state index contributed by atoms with van der Waals surface area (Å²) in [6.07, 6.45) is 1.53. The molecule has 1 aromatic heterocycles. The van der Waals surface area contributed by atoms with Gasteiger partial charge in [-0.05, 0) is 12.5 Å². The Morgan fingerprint density at radius 2 is 2.40 bits per heavy atom. The Morgan fingerprint density at radius 1 is 1.65 bits per heavy atom. The lowest BCUT2D eigenvalue weighted by atomic mass is 10.2. The molecule has 1 aliphatic rings. The van der Waals surface area contributed by atoms with Gasteiger partial charge < -0.3 is 14.4 Å². The lowest BCUT2D eigenvalue weighted by molar-refractivity contribution is -0.384. The number of carbonyl (C=O) groups excluding carboxylic acids is 1. The summed E-state index contributed by atoms with van der Waals surface area (Å²) in [5.41, 5.74) is 0.559. The normalized spacial score (nSPS) is 18.7. The van der Waals surface area contributed by atoms with E-state index in [4.69, 9.17) is 9.47 Å². The van der Waals surface area contributed by atoms with Gasteiger partial charge in [0.15, 0.2) is 6.04 Å². The molecule has 0 spiro atoms. The standard InChI is InChI=1S/C12H15N3O5/c1-8-5-9(15(17)18)11(13-6-8)14-3-4-20-7-10(14)12(16)19-2/h5-6,10H,3-4,7H2,1-2H3. The van der Waals surface area contributed by atoms with Gasteiger partial charge in [0.05, 0.1) is 25.2 Å². The lowest BCUT2D eigenvalue weighted by Gasteiger charge is -2.34. The maximum Gasteiger partial charge on any atom is 0.330 e. The Hall–Kier alpha value is -2.22. The van der Waals surface area contributed by atoms with Crippen LogP contribution in [0.5, 0.6) is 0 Å². The fourth-order valence-electron chi connectivity index (χ4n) is 2.09. The highest BCUT2D eigenvalue weighted by molar-refractivity contribution is 5.81. The van der Waals surface area contributed by atoms with E-state index in [0.717, 1.165) is 0 Å². The summed E-state index contributed by atoms with van der Waals surface area (Å²) in [4.78, 5) is 28.1. The number of ether oxygens (including phenoxy) is 2. The molecule has 2 rings (SSSR count). The summed E-state index contributed by atoms with van der Waals surface area (Å²) in [7, 11) is 1.27. The van der Waals surface area contributed by atoms with Crippen LogP contribution < -0.4 is 4.90 Å². The first kappa shape index (κ1) is 14.2. The van der Waals surface area contributed by atoms with Crippen molar-refractivity contribution in [2.75, 3.05) is 31.8 Å². The molecular weight excluding hydrogens is 266 g/mol. The van der Waals surface area contributed by atoms with Crippen LogP contribution in [0.2, 0.25) is 0 Å². The predicted octanol–water partition coefficient (Wildman–Crippen LogP) is 0.676. The molecule has 1 unspecified atom stereocenters. The number of nitro groups is 1. The monoisotopic (exact) mass is 281 g/mol. The molecule has 8 nitrogen and oxygen atoms in total. The Balaban J connectivity index is 2.42. The summed E-state index contributed by atoms with van der Waals surface area (Å²) in [6.45, 7) is 2.57. The summed E-state index contributed by atoms with van der Waals surface area (Å²) >= 11 is 0. The molecule has 1 saturated heterocycles. The van der Waals surface area contributed by atoms with Gasteiger partial charge in [-0.2, -0.15) is 0 Å². The van der Waals surface area contributed by atoms with E-state index in [-0.39, 0.29) is 18.1 Å². The van der Waals surface area contributed by atoms with E-state index in [1.54, 1.807) is 11.8 Å². The number of hydrogen-bond donors (Lipinski definition) is 0. The second-order valence-electron chi connectivity index (χ2n) is 4.42. The minimum atomic E-state index is -0.720. The number of anilines is 1. The highest BCUT2D eigenvalue weighted by atomic mass is 16.6. The fourth-order valence-corrected chi connectivity index (χ4v) is 2.09. The Bertz CT molecular complexity index is 534. The van der Waals surface area contributed by atoms with Crippen LogP contribution in [0.3, 0.4) is 0 Å². The van der Waals surface area contributed by atoms with Crippen LogP contribution in [-0.2, 0) is 14.3 Å². The molecule has 0 amide bonds. The number of nitrogens with zero attached hydrogens (tertiary/aromatic N) is 3. The number of aryl methyl sites for hydroxylation is 1. The highest BCUT2D eigenvalue weighted by Gasteiger charge is 2.35. The number of methoxy groups -OCH3 is 1. The van der Waals surface area contributed by atoms with Crippen molar-refractivity contribution in [1.82, 2.24) is 4.98 Å². The molecule has 1 fully saturated rings.